The van der Waals surface area contributed by atoms with Gasteiger partial charge in [0.15, 0.2) is 0 Å². The van der Waals surface area contributed by atoms with Crippen molar-refractivity contribution >= 4 is 5.91 Å². The van der Waals surface area contributed by atoms with Crippen molar-refractivity contribution in [2.45, 2.75) is 44.7 Å². The minimum Gasteiger partial charge on any atom is -0.395 e. The van der Waals surface area contributed by atoms with Crippen LogP contribution in [0.15, 0.2) is 0 Å². The summed E-state index contributed by atoms with van der Waals surface area (Å²) >= 11 is 0. The highest BCUT2D eigenvalue weighted by molar-refractivity contribution is 5.79. The number of hydrogen-bond acceptors (Lipinski definition) is 3. The van der Waals surface area contributed by atoms with Gasteiger partial charge < -0.3 is 10.0 Å². The van der Waals surface area contributed by atoms with Crippen LogP contribution in [0.1, 0.15) is 32.6 Å². The summed E-state index contributed by atoms with van der Waals surface area (Å²) in [6.07, 6.45) is 4.47. The highest BCUT2D eigenvalue weighted by atomic mass is 16.3. The summed E-state index contributed by atoms with van der Waals surface area (Å²) < 4.78 is 0. The van der Waals surface area contributed by atoms with Crippen LogP contribution in [-0.4, -0.2) is 59.1 Å². The van der Waals surface area contributed by atoms with Gasteiger partial charge in [-0.1, -0.05) is 0 Å². The van der Waals surface area contributed by atoms with Crippen LogP contribution in [0.4, 0.5) is 0 Å². The SMILES string of the molecule is CCN(C(=O)CN1CCC[C@@H]1CO)C1CC1. The lowest BCUT2D eigenvalue weighted by Gasteiger charge is -2.27. The summed E-state index contributed by atoms with van der Waals surface area (Å²) in [5, 5.41) is 9.20. The molecular formula is C12H22N2O2. The minimum absolute atomic E-state index is 0.183. The first kappa shape index (κ1) is 11.9. The summed E-state index contributed by atoms with van der Waals surface area (Å²) in [5.41, 5.74) is 0. The quantitative estimate of drug-likeness (QED) is 0.740. The minimum atomic E-state index is 0.183. The van der Waals surface area contributed by atoms with E-state index in [1.807, 2.05) is 11.8 Å². The summed E-state index contributed by atoms with van der Waals surface area (Å²) in [4.78, 5) is 16.2. The molecule has 0 unspecified atom stereocenters. The van der Waals surface area contributed by atoms with Crippen LogP contribution in [0, 0.1) is 0 Å². The number of rotatable bonds is 5. The van der Waals surface area contributed by atoms with Crippen LogP contribution in [0.2, 0.25) is 0 Å². The molecule has 2 rings (SSSR count). The van der Waals surface area contributed by atoms with E-state index in [9.17, 15) is 9.90 Å². The fraction of sp³-hybridized carbons (Fsp3) is 0.917. The number of amides is 1. The fourth-order valence-corrected chi connectivity index (χ4v) is 2.60. The van der Waals surface area contributed by atoms with E-state index >= 15 is 0 Å². The number of aliphatic hydroxyl groups excluding tert-OH is 1. The van der Waals surface area contributed by atoms with Crippen LogP contribution in [0.25, 0.3) is 0 Å². The van der Waals surface area contributed by atoms with Gasteiger partial charge in [0.2, 0.25) is 5.91 Å². The molecule has 0 aromatic rings. The van der Waals surface area contributed by atoms with Crippen molar-refractivity contribution in [2.24, 2.45) is 0 Å². The van der Waals surface area contributed by atoms with Gasteiger partial charge in [0.1, 0.15) is 0 Å². The Bertz CT molecular complexity index is 253. The molecule has 1 aliphatic heterocycles. The van der Waals surface area contributed by atoms with Gasteiger partial charge in [-0.3, -0.25) is 9.69 Å². The molecule has 0 radical (unpaired) electrons. The van der Waals surface area contributed by atoms with Crippen LogP contribution >= 0.6 is 0 Å². The zero-order valence-corrected chi connectivity index (χ0v) is 10.1. The second-order valence-electron chi connectivity index (χ2n) is 4.86. The van der Waals surface area contributed by atoms with Crippen molar-refractivity contribution in [3.63, 3.8) is 0 Å². The number of likely N-dealkylation sites (N-methyl/N-ethyl adjacent to an activating group) is 1. The van der Waals surface area contributed by atoms with Crippen molar-refractivity contribution in [2.75, 3.05) is 26.2 Å². The Labute approximate surface area is 97.2 Å². The molecule has 1 heterocycles. The van der Waals surface area contributed by atoms with Gasteiger partial charge in [-0.2, -0.15) is 0 Å². The zero-order valence-electron chi connectivity index (χ0n) is 10.1. The van der Waals surface area contributed by atoms with Gasteiger partial charge in [0, 0.05) is 18.6 Å². The van der Waals surface area contributed by atoms with Crippen molar-refractivity contribution in [1.29, 1.82) is 0 Å². The van der Waals surface area contributed by atoms with Gasteiger partial charge in [-0.15, -0.1) is 0 Å². The third-order valence-corrected chi connectivity index (χ3v) is 3.70. The van der Waals surface area contributed by atoms with E-state index < -0.39 is 0 Å². The van der Waals surface area contributed by atoms with E-state index in [0.717, 1.165) is 25.9 Å². The number of aliphatic hydroxyl groups is 1. The number of carbonyl (C=O) groups is 1. The third-order valence-electron chi connectivity index (χ3n) is 3.70. The van der Waals surface area contributed by atoms with Crippen molar-refractivity contribution in [1.82, 2.24) is 9.80 Å². The second-order valence-corrected chi connectivity index (χ2v) is 4.86. The van der Waals surface area contributed by atoms with Crippen LogP contribution < -0.4 is 0 Å². The maximum Gasteiger partial charge on any atom is 0.236 e. The molecule has 92 valence electrons. The molecule has 2 fully saturated rings. The van der Waals surface area contributed by atoms with E-state index in [1.54, 1.807) is 0 Å². The molecule has 1 amide bonds. The molecule has 1 atom stereocenters. The standard InChI is InChI=1S/C12H22N2O2/c1-2-14(10-5-6-10)12(16)8-13-7-3-4-11(13)9-15/h10-11,15H,2-9H2,1H3/t11-/m1/s1. The first-order chi connectivity index (χ1) is 7.76. The summed E-state index contributed by atoms with van der Waals surface area (Å²) in [6.45, 7) is 4.50. The molecule has 0 aromatic carbocycles. The number of nitrogens with zero attached hydrogens (tertiary/aromatic N) is 2. The zero-order chi connectivity index (χ0) is 11.5. The van der Waals surface area contributed by atoms with E-state index in [4.69, 9.17) is 0 Å². The highest BCUT2D eigenvalue weighted by Crippen LogP contribution is 2.27. The first-order valence-corrected chi connectivity index (χ1v) is 6.40. The van der Waals surface area contributed by atoms with E-state index in [0.29, 0.717) is 12.6 Å². The Kier molecular flexibility index (Phi) is 3.82. The predicted molar refractivity (Wildman–Crippen MR) is 62.1 cm³/mol. The monoisotopic (exact) mass is 226 g/mol. The van der Waals surface area contributed by atoms with Crippen molar-refractivity contribution in [3.05, 3.63) is 0 Å². The van der Waals surface area contributed by atoms with Gasteiger partial charge in [-0.05, 0) is 39.2 Å². The highest BCUT2D eigenvalue weighted by Gasteiger charge is 2.33. The van der Waals surface area contributed by atoms with Gasteiger partial charge in [0.25, 0.3) is 0 Å². The lowest BCUT2D eigenvalue weighted by Crippen LogP contribution is -2.44. The number of carbonyl (C=O) groups excluding carboxylic acids is 1. The maximum atomic E-state index is 12.1. The maximum absolute atomic E-state index is 12.1. The van der Waals surface area contributed by atoms with Gasteiger partial charge in [-0.25, -0.2) is 0 Å². The summed E-state index contributed by atoms with van der Waals surface area (Å²) in [7, 11) is 0. The smallest absolute Gasteiger partial charge is 0.236 e. The average Bonchev–Trinajstić information content (AvgIpc) is 3.00. The van der Waals surface area contributed by atoms with E-state index in [1.165, 1.54) is 12.8 Å². The first-order valence-electron chi connectivity index (χ1n) is 6.40. The molecule has 4 heteroatoms. The van der Waals surface area contributed by atoms with Crippen LogP contribution in [0.5, 0.6) is 0 Å². The molecule has 0 spiro atoms. The normalized spacial score (nSPS) is 26.0. The molecule has 1 saturated heterocycles. The third kappa shape index (κ3) is 2.55. The van der Waals surface area contributed by atoms with Crippen molar-refractivity contribution in [3.8, 4) is 0 Å². The Morgan fingerprint density at radius 1 is 1.44 bits per heavy atom. The second kappa shape index (κ2) is 5.15. The van der Waals surface area contributed by atoms with Crippen LogP contribution in [0.3, 0.4) is 0 Å². The molecule has 4 nitrogen and oxygen atoms in total. The van der Waals surface area contributed by atoms with Gasteiger partial charge >= 0.3 is 0 Å². The topological polar surface area (TPSA) is 43.8 Å². The Morgan fingerprint density at radius 3 is 2.75 bits per heavy atom. The molecule has 1 aliphatic carbocycles. The molecule has 16 heavy (non-hydrogen) atoms. The van der Waals surface area contributed by atoms with Crippen molar-refractivity contribution < 1.29 is 9.90 Å². The molecule has 0 bridgehead atoms. The van der Waals surface area contributed by atoms with E-state index in [2.05, 4.69) is 4.90 Å². The average molecular weight is 226 g/mol. The van der Waals surface area contributed by atoms with E-state index in [-0.39, 0.29) is 18.6 Å². The van der Waals surface area contributed by atoms with Crippen LogP contribution in [-0.2, 0) is 4.79 Å². The number of likely N-dealkylation sites (tertiary alicyclic amines) is 1. The molecular weight excluding hydrogens is 204 g/mol. The summed E-state index contributed by atoms with van der Waals surface area (Å²) in [5.74, 6) is 0.241. The molecule has 1 N–H and O–H groups in total. The molecule has 0 aromatic heterocycles. The molecule has 2 aliphatic rings. The number of hydrogen-bond donors (Lipinski definition) is 1. The summed E-state index contributed by atoms with van der Waals surface area (Å²) in [6, 6.07) is 0.717. The lowest BCUT2D eigenvalue weighted by atomic mass is 10.2. The fourth-order valence-electron chi connectivity index (χ4n) is 2.60. The Morgan fingerprint density at radius 2 is 2.19 bits per heavy atom. The Balaban J connectivity index is 1.85. The predicted octanol–water partition coefficient (Wildman–Crippen LogP) is 0.454. The lowest BCUT2D eigenvalue weighted by molar-refractivity contribution is -0.133. The largest absolute Gasteiger partial charge is 0.395 e. The Hall–Kier alpha value is -0.610. The van der Waals surface area contributed by atoms with Gasteiger partial charge in [0.05, 0.1) is 13.2 Å². The molecule has 1 saturated carbocycles.